The Hall–Kier alpha value is -1.06. The highest BCUT2D eigenvalue weighted by Gasteiger charge is 2.53. The third-order valence-corrected chi connectivity index (χ3v) is 3.50. The van der Waals surface area contributed by atoms with Crippen LogP contribution in [-0.4, -0.2) is 34.5 Å². The van der Waals surface area contributed by atoms with E-state index in [1.54, 1.807) is 20.9 Å². The molecule has 1 fully saturated rings. The van der Waals surface area contributed by atoms with Gasteiger partial charge in [-0.2, -0.15) is 0 Å². The van der Waals surface area contributed by atoms with E-state index in [9.17, 15) is 9.59 Å². The monoisotopic (exact) mass is 213 g/mol. The predicted molar refractivity (Wildman–Crippen MR) is 56.4 cm³/mol. The van der Waals surface area contributed by atoms with E-state index < -0.39 is 11.5 Å². The smallest absolute Gasteiger partial charge is 0.329 e. The van der Waals surface area contributed by atoms with Crippen LogP contribution in [0.4, 0.5) is 0 Å². The van der Waals surface area contributed by atoms with Crippen molar-refractivity contribution in [3.8, 4) is 0 Å². The lowest BCUT2D eigenvalue weighted by molar-refractivity contribution is -0.156. The SMILES string of the molecule is CN(C(=O)[C@H]1CC1(C)C)C(C)(C)C(=O)O. The molecule has 0 aromatic carbocycles. The number of carbonyl (C=O) groups is 2. The van der Waals surface area contributed by atoms with E-state index in [4.69, 9.17) is 5.11 Å². The molecular weight excluding hydrogens is 194 g/mol. The Morgan fingerprint density at radius 1 is 1.40 bits per heavy atom. The Balaban J connectivity index is 2.74. The van der Waals surface area contributed by atoms with E-state index in [-0.39, 0.29) is 17.2 Å². The fourth-order valence-electron chi connectivity index (χ4n) is 1.54. The first kappa shape index (κ1) is 12.0. The van der Waals surface area contributed by atoms with Crippen LogP contribution in [0.5, 0.6) is 0 Å². The van der Waals surface area contributed by atoms with Crippen LogP contribution >= 0.6 is 0 Å². The number of carboxylic acids is 1. The summed E-state index contributed by atoms with van der Waals surface area (Å²) in [5.41, 5.74) is -1.09. The number of amides is 1. The van der Waals surface area contributed by atoms with Gasteiger partial charge in [-0.3, -0.25) is 4.79 Å². The van der Waals surface area contributed by atoms with Crippen molar-refractivity contribution in [3.63, 3.8) is 0 Å². The molecule has 1 aliphatic rings. The maximum Gasteiger partial charge on any atom is 0.329 e. The minimum Gasteiger partial charge on any atom is -0.480 e. The summed E-state index contributed by atoms with van der Waals surface area (Å²) < 4.78 is 0. The van der Waals surface area contributed by atoms with Crippen molar-refractivity contribution in [2.45, 2.75) is 39.7 Å². The van der Waals surface area contributed by atoms with Gasteiger partial charge in [0.15, 0.2) is 0 Å². The molecule has 15 heavy (non-hydrogen) atoms. The maximum absolute atomic E-state index is 11.9. The largest absolute Gasteiger partial charge is 0.480 e. The number of aliphatic carboxylic acids is 1. The van der Waals surface area contributed by atoms with E-state index in [0.717, 1.165) is 6.42 Å². The van der Waals surface area contributed by atoms with Gasteiger partial charge in [-0.15, -0.1) is 0 Å². The normalized spacial score (nSPS) is 23.4. The van der Waals surface area contributed by atoms with Crippen LogP contribution in [0, 0.1) is 11.3 Å². The van der Waals surface area contributed by atoms with E-state index >= 15 is 0 Å². The van der Waals surface area contributed by atoms with Gasteiger partial charge in [-0.05, 0) is 25.7 Å². The Morgan fingerprint density at radius 2 is 1.80 bits per heavy atom. The molecule has 0 radical (unpaired) electrons. The van der Waals surface area contributed by atoms with Gasteiger partial charge in [0.05, 0.1) is 0 Å². The van der Waals surface area contributed by atoms with Gasteiger partial charge in [0.25, 0.3) is 0 Å². The second kappa shape index (κ2) is 3.22. The highest BCUT2D eigenvalue weighted by Crippen LogP contribution is 2.52. The number of carboxylic acid groups (broad SMARTS) is 1. The summed E-state index contributed by atoms with van der Waals surface area (Å²) in [6, 6.07) is 0. The molecule has 86 valence electrons. The molecule has 4 nitrogen and oxygen atoms in total. The summed E-state index contributed by atoms with van der Waals surface area (Å²) in [6.45, 7) is 7.14. The molecule has 0 aliphatic heterocycles. The number of rotatable bonds is 3. The lowest BCUT2D eigenvalue weighted by atomic mass is 10.0. The predicted octanol–water partition coefficient (Wildman–Crippen LogP) is 1.35. The standard InChI is InChI=1S/C11H19NO3/c1-10(2)6-7(10)8(13)12(5)11(3,4)9(14)15/h7H,6H2,1-5H3,(H,14,15)/t7-/m1/s1. The van der Waals surface area contributed by atoms with E-state index in [1.807, 2.05) is 13.8 Å². The molecule has 1 aliphatic carbocycles. The van der Waals surface area contributed by atoms with Gasteiger partial charge < -0.3 is 10.0 Å². The summed E-state index contributed by atoms with van der Waals surface area (Å²) in [6.07, 6.45) is 0.853. The van der Waals surface area contributed by atoms with Crippen molar-refractivity contribution in [3.05, 3.63) is 0 Å². The first-order valence-corrected chi connectivity index (χ1v) is 5.12. The molecule has 1 rings (SSSR count). The summed E-state index contributed by atoms with van der Waals surface area (Å²) in [7, 11) is 1.56. The summed E-state index contributed by atoms with van der Waals surface area (Å²) in [5, 5.41) is 9.00. The fourth-order valence-corrected chi connectivity index (χ4v) is 1.54. The summed E-state index contributed by atoms with van der Waals surface area (Å²) in [5.74, 6) is -1.05. The Bertz CT molecular complexity index is 307. The van der Waals surface area contributed by atoms with Crippen LogP contribution in [0.25, 0.3) is 0 Å². The average molecular weight is 213 g/mol. The van der Waals surface area contributed by atoms with Crippen molar-refractivity contribution >= 4 is 11.9 Å². The average Bonchev–Trinajstić information content (AvgIpc) is 2.72. The number of hydrogen-bond acceptors (Lipinski definition) is 2. The molecule has 0 bridgehead atoms. The number of carbonyl (C=O) groups excluding carboxylic acids is 1. The van der Waals surface area contributed by atoms with Crippen molar-refractivity contribution in [2.75, 3.05) is 7.05 Å². The number of likely N-dealkylation sites (N-methyl/N-ethyl adjacent to an activating group) is 1. The topological polar surface area (TPSA) is 57.6 Å². The Labute approximate surface area is 90.3 Å². The van der Waals surface area contributed by atoms with Gasteiger partial charge in [0.2, 0.25) is 5.91 Å². The van der Waals surface area contributed by atoms with Crippen LogP contribution in [0.15, 0.2) is 0 Å². The van der Waals surface area contributed by atoms with E-state index in [1.165, 1.54) is 4.90 Å². The van der Waals surface area contributed by atoms with Gasteiger partial charge in [0, 0.05) is 13.0 Å². The molecule has 0 aromatic rings. The lowest BCUT2D eigenvalue weighted by Gasteiger charge is -2.32. The third-order valence-electron chi connectivity index (χ3n) is 3.50. The number of nitrogens with zero attached hydrogens (tertiary/aromatic N) is 1. The van der Waals surface area contributed by atoms with E-state index in [2.05, 4.69) is 0 Å². The molecule has 1 N–H and O–H groups in total. The molecule has 0 unspecified atom stereocenters. The molecule has 4 heteroatoms. The minimum absolute atomic E-state index is 0.0128. The summed E-state index contributed by atoms with van der Waals surface area (Å²) >= 11 is 0. The van der Waals surface area contributed by atoms with Crippen molar-refractivity contribution < 1.29 is 14.7 Å². The zero-order valence-electron chi connectivity index (χ0n) is 10.00. The molecule has 0 saturated heterocycles. The van der Waals surface area contributed by atoms with Crippen molar-refractivity contribution in [1.82, 2.24) is 4.90 Å². The quantitative estimate of drug-likeness (QED) is 0.770. The lowest BCUT2D eigenvalue weighted by Crippen LogP contribution is -2.51. The van der Waals surface area contributed by atoms with Crippen LogP contribution in [0.1, 0.15) is 34.1 Å². The molecule has 0 spiro atoms. The molecule has 1 amide bonds. The zero-order chi connectivity index (χ0) is 12.0. The second-order valence-corrected chi connectivity index (χ2v) is 5.51. The van der Waals surface area contributed by atoms with Gasteiger partial charge in [0.1, 0.15) is 5.54 Å². The van der Waals surface area contributed by atoms with Gasteiger partial charge in [-0.1, -0.05) is 13.8 Å². The van der Waals surface area contributed by atoms with Crippen LogP contribution < -0.4 is 0 Å². The fraction of sp³-hybridized carbons (Fsp3) is 0.818. The molecule has 0 aromatic heterocycles. The Kier molecular flexibility index (Phi) is 2.58. The summed E-state index contributed by atoms with van der Waals surface area (Å²) in [4.78, 5) is 24.3. The third kappa shape index (κ3) is 1.98. The highest BCUT2D eigenvalue weighted by atomic mass is 16.4. The van der Waals surface area contributed by atoms with Gasteiger partial charge >= 0.3 is 5.97 Å². The first-order valence-electron chi connectivity index (χ1n) is 5.12. The molecule has 1 atom stereocenters. The first-order chi connectivity index (χ1) is 6.60. The molecular formula is C11H19NO3. The van der Waals surface area contributed by atoms with Crippen LogP contribution in [0.2, 0.25) is 0 Å². The van der Waals surface area contributed by atoms with Crippen LogP contribution in [-0.2, 0) is 9.59 Å². The molecule has 0 heterocycles. The van der Waals surface area contributed by atoms with Crippen molar-refractivity contribution in [2.24, 2.45) is 11.3 Å². The van der Waals surface area contributed by atoms with Crippen LogP contribution in [0.3, 0.4) is 0 Å². The maximum atomic E-state index is 11.9. The van der Waals surface area contributed by atoms with Crippen molar-refractivity contribution in [1.29, 1.82) is 0 Å². The highest BCUT2D eigenvalue weighted by molar-refractivity contribution is 5.89. The van der Waals surface area contributed by atoms with E-state index in [0.29, 0.717) is 0 Å². The van der Waals surface area contributed by atoms with Gasteiger partial charge in [-0.25, -0.2) is 4.79 Å². The Morgan fingerprint density at radius 3 is 2.07 bits per heavy atom. The minimum atomic E-state index is -1.13. The molecule has 1 saturated carbocycles. The zero-order valence-corrected chi connectivity index (χ0v) is 10.00. The second-order valence-electron chi connectivity index (χ2n) is 5.51. The number of hydrogen-bond donors (Lipinski definition) is 1.